The van der Waals surface area contributed by atoms with Crippen LogP contribution in [0.2, 0.25) is 0 Å². The van der Waals surface area contributed by atoms with Crippen molar-refractivity contribution in [3.63, 3.8) is 0 Å². The molecule has 0 fully saturated rings. The maximum absolute atomic E-state index is 12.3. The molecule has 2 N–H and O–H groups in total. The Morgan fingerprint density at radius 3 is 2.65 bits per heavy atom. The number of ether oxygens (including phenoxy) is 1. The van der Waals surface area contributed by atoms with Gasteiger partial charge in [-0.1, -0.05) is 15.9 Å². The van der Waals surface area contributed by atoms with Crippen molar-refractivity contribution in [2.24, 2.45) is 0 Å². The number of hydrogen-bond acceptors (Lipinski definition) is 4. The number of sulfonamides is 1. The van der Waals surface area contributed by atoms with Crippen molar-refractivity contribution in [1.82, 2.24) is 10.0 Å². The van der Waals surface area contributed by atoms with Crippen molar-refractivity contribution in [2.75, 3.05) is 13.7 Å². The average molecular weight is 365 g/mol. The van der Waals surface area contributed by atoms with Crippen LogP contribution < -0.4 is 14.8 Å². The van der Waals surface area contributed by atoms with Gasteiger partial charge in [0.25, 0.3) is 0 Å². The van der Waals surface area contributed by atoms with Crippen LogP contribution in [0.1, 0.15) is 13.8 Å². The summed E-state index contributed by atoms with van der Waals surface area (Å²) in [6.07, 6.45) is 0. The quantitative estimate of drug-likeness (QED) is 0.795. The maximum Gasteiger partial charge on any atom is 0.245 e. The summed E-state index contributed by atoms with van der Waals surface area (Å²) >= 11 is 3.21. The van der Waals surface area contributed by atoms with E-state index in [-0.39, 0.29) is 16.6 Å². The van der Waals surface area contributed by atoms with Crippen molar-refractivity contribution in [3.8, 4) is 5.75 Å². The third kappa shape index (κ3) is 4.19. The van der Waals surface area contributed by atoms with Gasteiger partial charge in [0, 0.05) is 11.0 Å². The number of carbonyl (C=O) groups excluding carboxylic acids is 1. The second kappa shape index (κ2) is 7.05. The van der Waals surface area contributed by atoms with Crippen molar-refractivity contribution >= 4 is 31.9 Å². The van der Waals surface area contributed by atoms with Crippen molar-refractivity contribution in [3.05, 3.63) is 22.7 Å². The van der Waals surface area contributed by atoms with E-state index in [2.05, 4.69) is 26.0 Å². The summed E-state index contributed by atoms with van der Waals surface area (Å²) in [5.41, 5.74) is 0. The van der Waals surface area contributed by atoms with Gasteiger partial charge in [-0.25, -0.2) is 8.42 Å². The minimum absolute atomic E-state index is 0.0227. The third-order valence-electron chi connectivity index (χ3n) is 2.49. The summed E-state index contributed by atoms with van der Waals surface area (Å²) in [5, 5.41) is 2.55. The summed E-state index contributed by atoms with van der Waals surface area (Å²) < 4.78 is 32.5. The molecule has 20 heavy (non-hydrogen) atoms. The fourth-order valence-corrected chi connectivity index (χ4v) is 3.45. The van der Waals surface area contributed by atoms with Gasteiger partial charge in [-0.2, -0.15) is 4.72 Å². The largest absolute Gasteiger partial charge is 0.495 e. The van der Waals surface area contributed by atoms with Gasteiger partial charge in [-0.3, -0.25) is 4.79 Å². The number of benzene rings is 1. The predicted molar refractivity (Wildman–Crippen MR) is 79.2 cm³/mol. The number of amides is 1. The lowest BCUT2D eigenvalue weighted by Crippen LogP contribution is -2.44. The van der Waals surface area contributed by atoms with Crippen LogP contribution in [0.4, 0.5) is 0 Å². The Hall–Kier alpha value is -1.12. The minimum atomic E-state index is -3.85. The van der Waals surface area contributed by atoms with Crippen molar-refractivity contribution < 1.29 is 17.9 Å². The van der Waals surface area contributed by atoms with Gasteiger partial charge >= 0.3 is 0 Å². The molecule has 1 aromatic carbocycles. The lowest BCUT2D eigenvalue weighted by molar-refractivity contribution is -0.122. The number of methoxy groups -OCH3 is 1. The van der Waals surface area contributed by atoms with Crippen molar-refractivity contribution in [1.29, 1.82) is 0 Å². The summed E-state index contributed by atoms with van der Waals surface area (Å²) in [4.78, 5) is 11.6. The van der Waals surface area contributed by atoms with Crippen LogP contribution in [0.3, 0.4) is 0 Å². The van der Waals surface area contributed by atoms with E-state index in [1.807, 2.05) is 0 Å². The van der Waals surface area contributed by atoms with Crippen LogP contribution in [0, 0.1) is 0 Å². The molecule has 0 aliphatic rings. The Bertz CT molecular complexity index is 589. The second-order valence-corrected chi connectivity index (χ2v) is 6.63. The zero-order chi connectivity index (χ0) is 15.3. The zero-order valence-corrected chi connectivity index (χ0v) is 13.8. The van der Waals surface area contributed by atoms with E-state index in [0.29, 0.717) is 11.0 Å². The summed E-state index contributed by atoms with van der Waals surface area (Å²) in [6.45, 7) is 3.68. The first-order valence-corrected chi connectivity index (χ1v) is 8.23. The van der Waals surface area contributed by atoms with Gasteiger partial charge in [0.05, 0.1) is 13.2 Å². The molecule has 0 aliphatic heterocycles. The van der Waals surface area contributed by atoms with Gasteiger partial charge in [0.15, 0.2) is 0 Å². The van der Waals surface area contributed by atoms with Crippen LogP contribution in [-0.4, -0.2) is 34.0 Å². The Morgan fingerprint density at radius 2 is 2.10 bits per heavy atom. The Labute approximate surface area is 127 Å². The molecule has 0 bridgehead atoms. The number of carbonyl (C=O) groups is 1. The van der Waals surface area contributed by atoms with Gasteiger partial charge in [0.2, 0.25) is 15.9 Å². The van der Waals surface area contributed by atoms with E-state index in [1.165, 1.54) is 26.2 Å². The molecule has 0 saturated carbocycles. The number of likely N-dealkylation sites (N-methyl/N-ethyl adjacent to an activating group) is 1. The molecule has 0 radical (unpaired) electrons. The molecule has 0 spiro atoms. The molecule has 0 unspecified atom stereocenters. The number of nitrogens with one attached hydrogen (secondary N) is 2. The molecule has 0 aliphatic carbocycles. The van der Waals surface area contributed by atoms with E-state index in [9.17, 15) is 13.2 Å². The summed E-state index contributed by atoms with van der Waals surface area (Å²) in [7, 11) is -2.47. The molecule has 6 nitrogen and oxygen atoms in total. The molecule has 8 heteroatoms. The van der Waals surface area contributed by atoms with E-state index in [1.54, 1.807) is 13.0 Å². The first-order valence-electron chi connectivity index (χ1n) is 5.95. The molecule has 0 saturated heterocycles. The van der Waals surface area contributed by atoms with Crippen LogP contribution in [-0.2, 0) is 14.8 Å². The highest BCUT2D eigenvalue weighted by Gasteiger charge is 2.24. The predicted octanol–water partition coefficient (Wildman–Crippen LogP) is 1.26. The van der Waals surface area contributed by atoms with Crippen molar-refractivity contribution in [2.45, 2.75) is 24.8 Å². The van der Waals surface area contributed by atoms with Gasteiger partial charge in [-0.05, 0) is 32.0 Å². The third-order valence-corrected chi connectivity index (χ3v) is 4.55. The van der Waals surface area contributed by atoms with Gasteiger partial charge in [0.1, 0.15) is 10.6 Å². The monoisotopic (exact) mass is 364 g/mol. The fraction of sp³-hybridized carbons (Fsp3) is 0.417. The SMILES string of the molecule is CCNC(=O)[C@@H](C)NS(=O)(=O)c1cc(Br)ccc1OC. The van der Waals surface area contributed by atoms with E-state index < -0.39 is 16.1 Å². The minimum Gasteiger partial charge on any atom is -0.495 e. The maximum atomic E-state index is 12.3. The Balaban J connectivity index is 3.05. The van der Waals surface area contributed by atoms with Crippen LogP contribution >= 0.6 is 15.9 Å². The second-order valence-electron chi connectivity index (χ2n) is 4.03. The number of hydrogen-bond donors (Lipinski definition) is 2. The molecular formula is C12H17BrN2O4S. The smallest absolute Gasteiger partial charge is 0.245 e. The highest BCUT2D eigenvalue weighted by atomic mass is 79.9. The molecule has 0 aromatic heterocycles. The lowest BCUT2D eigenvalue weighted by atomic mass is 10.3. The first kappa shape index (κ1) is 16.9. The van der Waals surface area contributed by atoms with Crippen LogP contribution in [0.15, 0.2) is 27.6 Å². The highest BCUT2D eigenvalue weighted by molar-refractivity contribution is 9.10. The summed E-state index contributed by atoms with van der Waals surface area (Å²) in [6, 6.07) is 3.76. The summed E-state index contributed by atoms with van der Waals surface area (Å²) in [5.74, 6) is -0.172. The lowest BCUT2D eigenvalue weighted by Gasteiger charge is -2.15. The normalized spacial score (nSPS) is 12.8. The zero-order valence-electron chi connectivity index (χ0n) is 11.4. The number of halogens is 1. The molecule has 1 aromatic rings. The molecule has 0 heterocycles. The fourth-order valence-electron chi connectivity index (χ4n) is 1.54. The van der Waals surface area contributed by atoms with Crippen LogP contribution in [0.25, 0.3) is 0 Å². The Morgan fingerprint density at radius 1 is 1.45 bits per heavy atom. The van der Waals surface area contributed by atoms with E-state index >= 15 is 0 Å². The molecule has 1 amide bonds. The first-order chi connectivity index (χ1) is 9.31. The Kier molecular flexibility index (Phi) is 5.97. The molecule has 1 rings (SSSR count). The molecule has 112 valence electrons. The van der Waals surface area contributed by atoms with Gasteiger partial charge in [-0.15, -0.1) is 0 Å². The topological polar surface area (TPSA) is 84.5 Å². The van der Waals surface area contributed by atoms with Crippen LogP contribution in [0.5, 0.6) is 5.75 Å². The highest BCUT2D eigenvalue weighted by Crippen LogP contribution is 2.27. The molecule has 1 atom stereocenters. The molecular weight excluding hydrogens is 348 g/mol. The standard InChI is InChI=1S/C12H17BrN2O4S/c1-4-14-12(16)8(2)15-20(17,18)11-7-9(13)5-6-10(11)19-3/h5-8,15H,4H2,1-3H3,(H,14,16)/t8-/m1/s1. The number of rotatable bonds is 6. The van der Waals surface area contributed by atoms with E-state index in [4.69, 9.17) is 4.74 Å². The average Bonchev–Trinajstić information content (AvgIpc) is 2.38. The van der Waals surface area contributed by atoms with E-state index in [0.717, 1.165) is 0 Å². The van der Waals surface area contributed by atoms with Gasteiger partial charge < -0.3 is 10.1 Å².